The summed E-state index contributed by atoms with van der Waals surface area (Å²) in [6, 6.07) is 43.1. The smallest absolute Gasteiger partial charge is 0.128 e. The minimum atomic E-state index is -0.328. The molecule has 0 aromatic heterocycles. The van der Waals surface area contributed by atoms with Gasteiger partial charge in [0, 0.05) is 105 Å². The minimum absolute atomic E-state index is 0.0335. The van der Waals surface area contributed by atoms with Crippen LogP contribution in [0.2, 0.25) is 0 Å². The van der Waals surface area contributed by atoms with E-state index in [1.54, 1.807) is 110 Å². The van der Waals surface area contributed by atoms with E-state index in [2.05, 4.69) is 95.2 Å². The molecular weight excluding hydrogens is 1420 g/mol. The van der Waals surface area contributed by atoms with Crippen LogP contribution in [-0.4, -0.2) is 90.6 Å². The molecule has 0 aliphatic carbocycles. The molecule has 12 rings (SSSR count). The van der Waals surface area contributed by atoms with Gasteiger partial charge < -0.3 is 40.9 Å². The van der Waals surface area contributed by atoms with Gasteiger partial charge in [0.2, 0.25) is 0 Å². The predicted octanol–water partition coefficient (Wildman–Crippen LogP) is 24.5. The molecule has 0 radical (unpaired) electrons. The van der Waals surface area contributed by atoms with Crippen LogP contribution < -0.4 is 0 Å². The summed E-state index contributed by atoms with van der Waals surface area (Å²) in [5.41, 5.74) is 18.0. The van der Waals surface area contributed by atoms with E-state index < -0.39 is 0 Å². The first-order valence-corrected chi connectivity index (χ1v) is 38.1. The maximum Gasteiger partial charge on any atom is 0.128 e. The van der Waals surface area contributed by atoms with Crippen molar-refractivity contribution in [2.75, 3.05) is 0 Å². The molecule has 0 bridgehead atoms. The highest BCUT2D eigenvalue weighted by atomic mass is 16.3. The number of hydrogen-bond acceptors (Lipinski definition) is 16. The number of hydrogen-bond donors (Lipinski definition) is 8. The van der Waals surface area contributed by atoms with E-state index in [1.165, 1.54) is 12.1 Å². The number of benzene rings is 12. The molecule has 0 fully saturated rings. The van der Waals surface area contributed by atoms with Crippen LogP contribution in [-0.2, 0) is 21.7 Å². The number of fused-ring (bicyclic) bond motifs is 3. The second-order valence-electron chi connectivity index (χ2n) is 34.0. The zero-order valence-corrected chi connectivity index (χ0v) is 68.6. The maximum absolute atomic E-state index is 11.6. The van der Waals surface area contributed by atoms with Gasteiger partial charge in [0.15, 0.2) is 0 Å². The lowest BCUT2D eigenvalue weighted by molar-refractivity contribution is 0.443. The number of nitrogens with zero attached hydrogens (tertiary/aromatic N) is 8. The summed E-state index contributed by atoms with van der Waals surface area (Å²) in [7, 11) is 0. The number of phenols is 8. The van der Waals surface area contributed by atoms with Crippen LogP contribution >= 0.6 is 0 Å². The molecule has 0 amide bonds. The van der Waals surface area contributed by atoms with Gasteiger partial charge >= 0.3 is 0 Å². The quantitative estimate of drug-likeness (QED) is 0.0430. The number of aliphatic imine (C=N–C) groups is 8. The van der Waals surface area contributed by atoms with E-state index in [0.29, 0.717) is 122 Å². The van der Waals surface area contributed by atoms with E-state index in [4.69, 9.17) is 39.9 Å². The third kappa shape index (κ3) is 17.0. The molecule has 0 saturated carbocycles. The fourth-order valence-corrected chi connectivity index (χ4v) is 13.7. The van der Waals surface area contributed by atoms with Crippen LogP contribution in [0.1, 0.15) is 194 Å². The Morgan fingerprint density at radius 1 is 0.211 bits per heavy atom. The number of phenolic OH excluding ortho intramolecular Hbond substituents is 8. The number of aryl methyl sites for hydroxylation is 8. The molecule has 12 aromatic carbocycles. The molecule has 0 aliphatic rings. The van der Waals surface area contributed by atoms with Crippen LogP contribution in [0.25, 0.3) is 32.3 Å². The Morgan fingerprint density at radius 3 is 0.535 bits per heavy atom. The first-order valence-electron chi connectivity index (χ1n) is 38.1. The average molecular weight is 1520 g/mol. The Labute approximate surface area is 667 Å². The third-order valence-corrected chi connectivity index (χ3v) is 21.4. The molecular formula is C98H100N8O8. The number of rotatable bonds is 16. The van der Waals surface area contributed by atoms with Gasteiger partial charge in [-0.1, -0.05) is 95.2 Å². The second-order valence-corrected chi connectivity index (χ2v) is 34.0. The molecule has 8 N–H and O–H groups in total. The SMILES string of the molecule is Cc1cc(N=Cc2cc(C(C)(C)C)cc(C(C)(C)C)c2O)c(N=Cc2c(O)ccc3c(C=Nc4cc(C)c(C)cc4N=Cc4c(O)ccc5c(C=Nc6cc(C)c(C)cc6N=Cc6c(O)ccc7c(C=Nc8cc(C)c(C)cc8N=Cc8cc(C(C)(C)C)cc(C(C)(C)C)c8O)c(O)ccc67)c(O)ccc45)c(O)ccc23)cc1C. The highest BCUT2D eigenvalue weighted by molar-refractivity contribution is 6.14. The van der Waals surface area contributed by atoms with Crippen LogP contribution in [0.5, 0.6) is 46.0 Å². The summed E-state index contributed by atoms with van der Waals surface area (Å²) in [6.07, 6.45) is 12.8. The monoisotopic (exact) mass is 1520 g/mol. The normalized spacial score (nSPS) is 12.9. The lowest BCUT2D eigenvalue weighted by Gasteiger charge is -2.27. The Bertz CT molecular complexity index is 5790. The Morgan fingerprint density at radius 2 is 0.377 bits per heavy atom. The standard InChI is InChI=1S/C98H100N8O8/c1-53-33-79(99-45-61-41-63(95(9,10)11)43-77(93(61)113)97(15,16)17)81(35-55(53)3)101-47-71-65-21-29-89(109)73(67(65)23-27-87(71)107)49-103-83-37-57(5)59(7)39-85(83)105-51-75-69-25-32-92(112)76(70(69)26-31-91(75)111)52-106-86-40-60(8)58(6)38-84(86)104-50-74-68-24-28-88(108)72(66(68)22-30-90(74)110)48-102-82-36-56(4)54(2)34-80(82)100-46-62-42-64(96(12,13)14)44-78(94(62)114)98(18,19)20/h21-52,107-114H,1-20H3. The van der Waals surface area contributed by atoms with Crippen molar-refractivity contribution in [2.45, 2.75) is 160 Å². The van der Waals surface area contributed by atoms with E-state index >= 15 is 0 Å². The van der Waals surface area contributed by atoms with Gasteiger partial charge in [-0.15, -0.1) is 0 Å². The summed E-state index contributed by atoms with van der Waals surface area (Å²) < 4.78 is 0. The molecule has 12 aromatic rings. The highest BCUT2D eigenvalue weighted by Gasteiger charge is 2.28. The molecule has 0 heterocycles. The molecule has 16 heteroatoms. The van der Waals surface area contributed by atoms with Crippen LogP contribution in [0, 0.1) is 55.4 Å². The van der Waals surface area contributed by atoms with Crippen molar-refractivity contribution in [1.82, 2.24) is 0 Å². The van der Waals surface area contributed by atoms with Crippen LogP contribution in [0.3, 0.4) is 0 Å². The van der Waals surface area contributed by atoms with Crippen LogP contribution in [0.15, 0.2) is 186 Å². The van der Waals surface area contributed by atoms with Crippen molar-refractivity contribution in [1.29, 1.82) is 0 Å². The van der Waals surface area contributed by atoms with E-state index in [9.17, 15) is 40.9 Å². The Hall–Kier alpha value is -12.8. The van der Waals surface area contributed by atoms with E-state index in [0.717, 1.165) is 66.8 Å². The van der Waals surface area contributed by atoms with E-state index in [1.807, 2.05) is 116 Å². The Kier molecular flexibility index (Phi) is 22.2. The Balaban J connectivity index is 0.833. The van der Waals surface area contributed by atoms with Crippen molar-refractivity contribution in [3.8, 4) is 46.0 Å². The van der Waals surface area contributed by atoms with Gasteiger partial charge in [-0.2, -0.15) is 0 Å². The van der Waals surface area contributed by atoms with Gasteiger partial charge in [-0.05, 0) is 298 Å². The maximum atomic E-state index is 11.6. The van der Waals surface area contributed by atoms with Crippen molar-refractivity contribution in [3.63, 3.8) is 0 Å². The average Bonchev–Trinajstić information content (AvgIpc) is 0.785. The molecule has 114 heavy (non-hydrogen) atoms. The first kappa shape index (κ1) is 80.7. The third-order valence-electron chi connectivity index (χ3n) is 21.4. The fraction of sp³-hybridized carbons (Fsp3) is 0.245. The van der Waals surface area contributed by atoms with E-state index in [-0.39, 0.29) is 67.7 Å². The summed E-state index contributed by atoms with van der Waals surface area (Å²) >= 11 is 0. The van der Waals surface area contributed by atoms with Gasteiger partial charge in [-0.25, -0.2) is 0 Å². The molecule has 580 valence electrons. The summed E-state index contributed by atoms with van der Waals surface area (Å²) in [5, 5.41) is 96.2. The second kappa shape index (κ2) is 31.4. The molecule has 0 saturated heterocycles. The van der Waals surface area contributed by atoms with Crippen molar-refractivity contribution < 1.29 is 40.9 Å². The van der Waals surface area contributed by atoms with Crippen molar-refractivity contribution in [2.24, 2.45) is 39.9 Å². The molecule has 0 spiro atoms. The predicted molar refractivity (Wildman–Crippen MR) is 475 cm³/mol. The lowest BCUT2D eigenvalue weighted by Crippen LogP contribution is -2.17. The fourth-order valence-electron chi connectivity index (χ4n) is 13.7. The molecule has 16 nitrogen and oxygen atoms in total. The first-order chi connectivity index (χ1) is 53.6. The summed E-state index contributed by atoms with van der Waals surface area (Å²) in [6.45, 7) is 41.2. The molecule has 0 aliphatic heterocycles. The minimum Gasteiger partial charge on any atom is -0.507 e. The van der Waals surface area contributed by atoms with Crippen LogP contribution in [0.4, 0.5) is 45.5 Å². The number of aromatic hydroxyl groups is 8. The lowest BCUT2D eigenvalue weighted by atomic mass is 9.79. The van der Waals surface area contributed by atoms with Gasteiger partial charge in [0.1, 0.15) is 46.0 Å². The topological polar surface area (TPSA) is 261 Å². The highest BCUT2D eigenvalue weighted by Crippen LogP contribution is 2.45. The zero-order valence-electron chi connectivity index (χ0n) is 68.6. The van der Waals surface area contributed by atoms with Gasteiger partial charge in [-0.3, -0.25) is 39.9 Å². The summed E-state index contributed by atoms with van der Waals surface area (Å²) in [4.78, 5) is 39.6. The largest absolute Gasteiger partial charge is 0.507 e. The molecule has 0 unspecified atom stereocenters. The summed E-state index contributed by atoms with van der Waals surface area (Å²) in [5.74, 6) is 0.0325. The van der Waals surface area contributed by atoms with Crippen molar-refractivity contribution >= 4 is 128 Å². The van der Waals surface area contributed by atoms with Gasteiger partial charge in [0.25, 0.3) is 0 Å². The van der Waals surface area contributed by atoms with Crippen molar-refractivity contribution in [3.05, 3.63) is 257 Å². The molecule has 0 atom stereocenters. The zero-order chi connectivity index (χ0) is 82.5. The van der Waals surface area contributed by atoms with Gasteiger partial charge in [0.05, 0.1) is 45.5 Å².